The number of carbonyl (C=O) groups is 1. The van der Waals surface area contributed by atoms with Gasteiger partial charge >= 0.3 is 0 Å². The fourth-order valence-corrected chi connectivity index (χ4v) is 2.19. The summed E-state index contributed by atoms with van der Waals surface area (Å²) >= 11 is 12.1. The van der Waals surface area contributed by atoms with Gasteiger partial charge in [-0.1, -0.05) is 29.3 Å². The number of hydrogen-bond acceptors (Lipinski definition) is 3. The Morgan fingerprint density at radius 3 is 2.55 bits per heavy atom. The number of para-hydroxylation sites is 1. The predicted molar refractivity (Wildman–Crippen MR) is 82.8 cm³/mol. The van der Waals surface area contributed by atoms with Crippen LogP contribution >= 0.6 is 23.2 Å². The van der Waals surface area contributed by atoms with Gasteiger partial charge in [-0.05, 0) is 31.2 Å². The molecule has 1 aromatic carbocycles. The highest BCUT2D eigenvalue weighted by Crippen LogP contribution is 2.30. The number of aromatic nitrogens is 1. The maximum absolute atomic E-state index is 12.3. The molecule has 0 aliphatic heterocycles. The van der Waals surface area contributed by atoms with Crippen LogP contribution < -0.4 is 10.6 Å². The van der Waals surface area contributed by atoms with Gasteiger partial charge in [0, 0.05) is 12.7 Å². The van der Waals surface area contributed by atoms with Gasteiger partial charge in [-0.25, -0.2) is 4.98 Å². The lowest BCUT2D eigenvalue weighted by atomic mass is 10.2. The third-order valence-corrected chi connectivity index (χ3v) is 3.23. The van der Waals surface area contributed by atoms with Crippen LogP contribution in [0.2, 0.25) is 10.0 Å². The number of amides is 1. The quantitative estimate of drug-likeness (QED) is 0.895. The van der Waals surface area contributed by atoms with Crippen LogP contribution in [0.1, 0.15) is 17.3 Å². The van der Waals surface area contributed by atoms with Crippen molar-refractivity contribution in [2.75, 3.05) is 17.2 Å². The van der Waals surface area contributed by atoms with Gasteiger partial charge in [0.2, 0.25) is 0 Å². The molecule has 104 valence electrons. The Morgan fingerprint density at radius 2 is 1.90 bits per heavy atom. The van der Waals surface area contributed by atoms with Gasteiger partial charge in [-0.15, -0.1) is 0 Å². The lowest BCUT2D eigenvalue weighted by Gasteiger charge is -2.11. The smallest absolute Gasteiger partial charge is 0.259 e. The minimum Gasteiger partial charge on any atom is -0.370 e. The number of anilines is 2. The molecule has 6 heteroatoms. The van der Waals surface area contributed by atoms with E-state index in [4.69, 9.17) is 23.2 Å². The first-order chi connectivity index (χ1) is 9.63. The number of nitrogens with one attached hydrogen (secondary N) is 2. The zero-order valence-electron chi connectivity index (χ0n) is 10.8. The Morgan fingerprint density at radius 1 is 1.20 bits per heavy atom. The highest BCUT2D eigenvalue weighted by atomic mass is 35.5. The fraction of sp³-hybridized carbons (Fsp3) is 0.143. The lowest BCUT2D eigenvalue weighted by Crippen LogP contribution is -2.16. The first kappa shape index (κ1) is 14.6. The first-order valence-electron chi connectivity index (χ1n) is 6.07. The van der Waals surface area contributed by atoms with E-state index in [0.29, 0.717) is 33.7 Å². The third-order valence-electron chi connectivity index (χ3n) is 2.60. The van der Waals surface area contributed by atoms with Crippen LogP contribution in [0.15, 0.2) is 36.5 Å². The zero-order chi connectivity index (χ0) is 14.5. The van der Waals surface area contributed by atoms with Crippen molar-refractivity contribution < 1.29 is 4.79 Å². The second kappa shape index (κ2) is 6.59. The Bertz CT molecular complexity index is 611. The number of hydrogen-bond donors (Lipinski definition) is 2. The van der Waals surface area contributed by atoms with Gasteiger partial charge in [-0.2, -0.15) is 0 Å². The highest BCUT2D eigenvalue weighted by molar-refractivity contribution is 6.40. The summed E-state index contributed by atoms with van der Waals surface area (Å²) < 4.78 is 0. The van der Waals surface area contributed by atoms with E-state index in [1.54, 1.807) is 36.5 Å². The van der Waals surface area contributed by atoms with Crippen LogP contribution in [0.5, 0.6) is 0 Å². The summed E-state index contributed by atoms with van der Waals surface area (Å²) in [5.74, 6) is 0.208. The van der Waals surface area contributed by atoms with Crippen LogP contribution in [0.4, 0.5) is 11.5 Å². The van der Waals surface area contributed by atoms with E-state index in [9.17, 15) is 4.79 Å². The van der Waals surface area contributed by atoms with Crippen molar-refractivity contribution >= 4 is 40.6 Å². The van der Waals surface area contributed by atoms with E-state index >= 15 is 0 Å². The summed E-state index contributed by atoms with van der Waals surface area (Å²) in [5.41, 5.74) is 0.831. The molecule has 0 saturated carbocycles. The SMILES string of the molecule is CCNc1ncccc1C(=O)Nc1c(Cl)cccc1Cl. The minimum atomic E-state index is -0.316. The Labute approximate surface area is 127 Å². The number of carbonyl (C=O) groups excluding carboxylic acids is 1. The molecule has 20 heavy (non-hydrogen) atoms. The fourth-order valence-electron chi connectivity index (χ4n) is 1.69. The summed E-state index contributed by atoms with van der Waals surface area (Å²) in [6.07, 6.45) is 1.62. The second-order valence-corrected chi connectivity index (χ2v) is 4.80. The molecular formula is C14H13Cl2N3O. The topological polar surface area (TPSA) is 54.0 Å². The normalized spacial score (nSPS) is 10.2. The number of nitrogens with zero attached hydrogens (tertiary/aromatic N) is 1. The Hall–Kier alpha value is -1.78. The first-order valence-corrected chi connectivity index (χ1v) is 6.83. The van der Waals surface area contributed by atoms with Gasteiger partial charge in [0.15, 0.2) is 0 Å². The summed E-state index contributed by atoms with van der Waals surface area (Å²) in [6, 6.07) is 8.43. The number of pyridine rings is 1. The summed E-state index contributed by atoms with van der Waals surface area (Å²) in [4.78, 5) is 16.4. The Balaban J connectivity index is 2.29. The molecule has 1 heterocycles. The monoisotopic (exact) mass is 309 g/mol. The minimum absolute atomic E-state index is 0.316. The second-order valence-electron chi connectivity index (χ2n) is 3.98. The molecule has 4 nitrogen and oxygen atoms in total. The van der Waals surface area contributed by atoms with Crippen molar-refractivity contribution in [3.05, 3.63) is 52.1 Å². The molecule has 2 rings (SSSR count). The van der Waals surface area contributed by atoms with Crippen molar-refractivity contribution in [2.24, 2.45) is 0 Å². The molecule has 0 fully saturated rings. The van der Waals surface area contributed by atoms with Gasteiger partial charge in [-0.3, -0.25) is 4.79 Å². The molecule has 1 aromatic heterocycles. The van der Waals surface area contributed by atoms with Crippen LogP contribution in [0.25, 0.3) is 0 Å². The molecule has 0 unspecified atom stereocenters. The molecule has 0 atom stereocenters. The summed E-state index contributed by atoms with van der Waals surface area (Å²) in [7, 11) is 0. The van der Waals surface area contributed by atoms with Gasteiger partial charge in [0.1, 0.15) is 5.82 Å². The molecular weight excluding hydrogens is 297 g/mol. The van der Waals surface area contributed by atoms with Gasteiger partial charge in [0.25, 0.3) is 5.91 Å². The number of rotatable bonds is 4. The largest absolute Gasteiger partial charge is 0.370 e. The van der Waals surface area contributed by atoms with Crippen molar-refractivity contribution in [3.63, 3.8) is 0 Å². The van der Waals surface area contributed by atoms with Crippen LogP contribution in [-0.4, -0.2) is 17.4 Å². The highest BCUT2D eigenvalue weighted by Gasteiger charge is 2.15. The van der Waals surface area contributed by atoms with Crippen LogP contribution in [-0.2, 0) is 0 Å². The molecule has 2 N–H and O–H groups in total. The number of halogens is 2. The van der Waals surface area contributed by atoms with Crippen LogP contribution in [0.3, 0.4) is 0 Å². The van der Waals surface area contributed by atoms with Crippen molar-refractivity contribution in [1.29, 1.82) is 0 Å². The van der Waals surface area contributed by atoms with E-state index in [0.717, 1.165) is 0 Å². The van der Waals surface area contributed by atoms with E-state index in [2.05, 4.69) is 15.6 Å². The van der Waals surface area contributed by atoms with E-state index in [1.165, 1.54) is 0 Å². The van der Waals surface area contributed by atoms with Crippen molar-refractivity contribution in [3.8, 4) is 0 Å². The standard InChI is InChI=1S/C14H13Cl2N3O/c1-2-17-13-9(5-4-8-18-13)14(20)19-12-10(15)6-3-7-11(12)16/h3-8H,2H2,1H3,(H,17,18)(H,19,20). The van der Waals surface area contributed by atoms with Crippen LogP contribution in [0, 0.1) is 0 Å². The van der Waals surface area contributed by atoms with E-state index in [1.807, 2.05) is 6.92 Å². The molecule has 0 spiro atoms. The van der Waals surface area contributed by atoms with E-state index in [-0.39, 0.29) is 5.91 Å². The molecule has 1 amide bonds. The molecule has 0 aliphatic carbocycles. The molecule has 0 radical (unpaired) electrons. The summed E-state index contributed by atoms with van der Waals surface area (Å²) in [6.45, 7) is 2.60. The Kier molecular flexibility index (Phi) is 4.82. The third kappa shape index (κ3) is 3.21. The predicted octanol–water partition coefficient (Wildman–Crippen LogP) is 4.07. The maximum atomic E-state index is 12.3. The van der Waals surface area contributed by atoms with E-state index < -0.39 is 0 Å². The molecule has 0 bridgehead atoms. The summed E-state index contributed by atoms with van der Waals surface area (Å²) in [5, 5.41) is 6.52. The van der Waals surface area contributed by atoms with Gasteiger partial charge < -0.3 is 10.6 Å². The van der Waals surface area contributed by atoms with Crippen molar-refractivity contribution in [2.45, 2.75) is 6.92 Å². The van der Waals surface area contributed by atoms with Crippen molar-refractivity contribution in [1.82, 2.24) is 4.98 Å². The zero-order valence-corrected chi connectivity index (χ0v) is 12.3. The maximum Gasteiger partial charge on any atom is 0.259 e. The average molecular weight is 310 g/mol. The lowest BCUT2D eigenvalue weighted by molar-refractivity contribution is 0.102. The molecule has 0 aliphatic rings. The molecule has 0 saturated heterocycles. The average Bonchev–Trinajstić information content (AvgIpc) is 2.44. The molecule has 2 aromatic rings. The number of benzene rings is 1. The van der Waals surface area contributed by atoms with Gasteiger partial charge in [0.05, 0.1) is 21.3 Å².